The van der Waals surface area contributed by atoms with E-state index in [0.29, 0.717) is 12.2 Å². The Bertz CT molecular complexity index is 535. The van der Waals surface area contributed by atoms with Gasteiger partial charge in [-0.05, 0) is 25.0 Å². The van der Waals surface area contributed by atoms with Crippen LogP contribution in [-0.2, 0) is 15.6 Å². The number of aliphatic carboxylic acids is 1. The van der Waals surface area contributed by atoms with Crippen molar-refractivity contribution in [3.63, 3.8) is 0 Å². The maximum atomic E-state index is 12.9. The monoisotopic (exact) mass is 388 g/mol. The van der Waals surface area contributed by atoms with E-state index in [0.717, 1.165) is 56.3 Å². The van der Waals surface area contributed by atoms with E-state index in [1.807, 2.05) is 30.3 Å². The Kier molecular flexibility index (Phi) is 11.3. The molecule has 1 rings (SSSR count). The van der Waals surface area contributed by atoms with Crippen LogP contribution in [0.4, 0.5) is 8.78 Å². The number of hydrogen-bond donors (Lipinski definition) is 1. The molecule has 0 amide bonds. The number of rotatable bonds is 15. The van der Waals surface area contributed by atoms with Crippen LogP contribution in [-0.4, -0.2) is 27.0 Å². The van der Waals surface area contributed by atoms with Gasteiger partial charge in [-0.3, -0.25) is 4.21 Å². The summed E-state index contributed by atoms with van der Waals surface area (Å²) in [5.41, 5.74) is 0. The van der Waals surface area contributed by atoms with Gasteiger partial charge in [0, 0.05) is 17.1 Å². The molecule has 0 aromatic heterocycles. The highest BCUT2D eigenvalue weighted by molar-refractivity contribution is 7.85. The van der Waals surface area contributed by atoms with Gasteiger partial charge in [0.05, 0.1) is 10.8 Å². The Hall–Kier alpha value is -1.30. The van der Waals surface area contributed by atoms with E-state index < -0.39 is 29.1 Å². The molecule has 1 unspecified atom stereocenters. The van der Waals surface area contributed by atoms with Gasteiger partial charge in [-0.15, -0.1) is 0 Å². The van der Waals surface area contributed by atoms with Crippen molar-refractivity contribution in [2.45, 2.75) is 81.4 Å². The fourth-order valence-corrected chi connectivity index (χ4v) is 3.95. The predicted octanol–water partition coefficient (Wildman–Crippen LogP) is 5.81. The highest BCUT2D eigenvalue weighted by atomic mass is 32.2. The molecular weight excluding hydrogens is 358 g/mol. The topological polar surface area (TPSA) is 54.4 Å². The lowest BCUT2D eigenvalue weighted by molar-refractivity contribution is -0.165. The third-order valence-corrected chi connectivity index (χ3v) is 5.85. The minimum Gasteiger partial charge on any atom is -0.477 e. The predicted molar refractivity (Wildman–Crippen MR) is 101 cm³/mol. The lowest BCUT2D eigenvalue weighted by atomic mass is 10.0. The van der Waals surface area contributed by atoms with E-state index >= 15 is 0 Å². The molecule has 1 aromatic rings. The Morgan fingerprint density at radius 2 is 1.31 bits per heavy atom. The van der Waals surface area contributed by atoms with Crippen molar-refractivity contribution in [2.24, 2.45) is 0 Å². The first-order valence-electron chi connectivity index (χ1n) is 9.48. The summed E-state index contributed by atoms with van der Waals surface area (Å²) in [4.78, 5) is 11.2. The average molecular weight is 389 g/mol. The normalized spacial score (nSPS) is 12.8. The lowest BCUT2D eigenvalue weighted by Crippen LogP contribution is -2.27. The van der Waals surface area contributed by atoms with Crippen LogP contribution in [0.5, 0.6) is 0 Å². The zero-order valence-electron chi connectivity index (χ0n) is 15.3. The van der Waals surface area contributed by atoms with E-state index in [1.54, 1.807) is 0 Å². The smallest absolute Gasteiger partial charge is 0.374 e. The average Bonchev–Trinajstić information content (AvgIpc) is 2.63. The molecule has 0 heterocycles. The standard InChI is InChI=1S/C20H30F2O3S/c21-20(22,19(23)24)16-12-7-5-3-1-2-4-6-8-13-17-26(25)18-14-10-9-11-15-18/h9-11,14-15H,1-8,12-13,16-17H2,(H,23,24). The van der Waals surface area contributed by atoms with Crippen LogP contribution >= 0.6 is 0 Å². The number of halogens is 2. The van der Waals surface area contributed by atoms with Gasteiger partial charge < -0.3 is 5.11 Å². The summed E-state index contributed by atoms with van der Waals surface area (Å²) in [6.07, 6.45) is 8.81. The number of carbonyl (C=O) groups is 1. The van der Waals surface area contributed by atoms with Crippen molar-refractivity contribution in [1.82, 2.24) is 0 Å². The van der Waals surface area contributed by atoms with Gasteiger partial charge >= 0.3 is 11.9 Å². The van der Waals surface area contributed by atoms with Crippen LogP contribution in [0, 0.1) is 0 Å². The SMILES string of the molecule is O=C(O)C(F)(F)CCCCCCCCCCCCS(=O)c1ccccc1. The summed E-state index contributed by atoms with van der Waals surface area (Å²) in [6.45, 7) is 0. The molecule has 6 heteroatoms. The first kappa shape index (κ1) is 22.7. The molecule has 0 aliphatic heterocycles. The van der Waals surface area contributed by atoms with Crippen molar-refractivity contribution >= 4 is 16.8 Å². The van der Waals surface area contributed by atoms with Gasteiger partial charge in [-0.25, -0.2) is 4.79 Å². The Balaban J connectivity index is 1.88. The number of carboxylic acids is 1. The summed E-state index contributed by atoms with van der Waals surface area (Å²) < 4.78 is 37.7. The van der Waals surface area contributed by atoms with E-state index in [9.17, 15) is 17.8 Å². The van der Waals surface area contributed by atoms with Crippen LogP contribution in [0.2, 0.25) is 0 Å². The first-order valence-corrected chi connectivity index (χ1v) is 10.8. The summed E-state index contributed by atoms with van der Waals surface area (Å²) in [6, 6.07) is 9.54. The Labute approximate surface area is 157 Å². The van der Waals surface area contributed by atoms with Crippen molar-refractivity contribution in [3.05, 3.63) is 30.3 Å². The second-order valence-electron chi connectivity index (χ2n) is 6.66. The van der Waals surface area contributed by atoms with Crippen LogP contribution in [0.15, 0.2) is 35.2 Å². The highest BCUT2D eigenvalue weighted by Gasteiger charge is 2.37. The first-order chi connectivity index (χ1) is 12.4. The molecule has 0 spiro atoms. The molecule has 0 fully saturated rings. The van der Waals surface area contributed by atoms with Crippen molar-refractivity contribution < 1.29 is 22.9 Å². The van der Waals surface area contributed by atoms with Crippen LogP contribution < -0.4 is 0 Å². The zero-order valence-corrected chi connectivity index (χ0v) is 16.1. The van der Waals surface area contributed by atoms with Gasteiger partial charge in [0.15, 0.2) is 0 Å². The van der Waals surface area contributed by atoms with E-state index in [2.05, 4.69) is 0 Å². The van der Waals surface area contributed by atoms with Gasteiger partial charge in [0.2, 0.25) is 0 Å². The molecule has 1 aromatic carbocycles. The fourth-order valence-electron chi connectivity index (χ4n) is 2.79. The van der Waals surface area contributed by atoms with Gasteiger partial charge in [-0.2, -0.15) is 8.78 Å². The van der Waals surface area contributed by atoms with Crippen molar-refractivity contribution in [3.8, 4) is 0 Å². The minimum atomic E-state index is -3.58. The fraction of sp³-hybridized carbons (Fsp3) is 0.650. The molecular formula is C20H30F2O3S. The van der Waals surface area contributed by atoms with Crippen LogP contribution in [0.25, 0.3) is 0 Å². The number of benzene rings is 1. The lowest BCUT2D eigenvalue weighted by Gasteiger charge is -2.10. The molecule has 0 radical (unpaired) electrons. The maximum absolute atomic E-state index is 12.9. The van der Waals surface area contributed by atoms with Crippen molar-refractivity contribution in [2.75, 3.05) is 5.75 Å². The number of alkyl halides is 2. The van der Waals surface area contributed by atoms with Crippen LogP contribution in [0.1, 0.15) is 70.6 Å². The summed E-state index contributed by atoms with van der Waals surface area (Å²) in [5.74, 6) is -4.89. The molecule has 0 bridgehead atoms. The largest absolute Gasteiger partial charge is 0.477 e. The number of carboxylic acid groups (broad SMARTS) is 1. The molecule has 148 valence electrons. The van der Waals surface area contributed by atoms with Crippen molar-refractivity contribution in [1.29, 1.82) is 0 Å². The highest BCUT2D eigenvalue weighted by Crippen LogP contribution is 2.22. The number of hydrogen-bond acceptors (Lipinski definition) is 2. The maximum Gasteiger partial charge on any atom is 0.374 e. The molecule has 0 aliphatic rings. The summed E-state index contributed by atoms with van der Waals surface area (Å²) >= 11 is 0. The second kappa shape index (κ2) is 13.0. The third kappa shape index (κ3) is 10.00. The quantitative estimate of drug-likeness (QED) is 0.386. The summed E-state index contributed by atoms with van der Waals surface area (Å²) in [5, 5.41) is 8.32. The molecule has 26 heavy (non-hydrogen) atoms. The third-order valence-electron chi connectivity index (χ3n) is 4.39. The number of unbranched alkanes of at least 4 members (excludes halogenated alkanes) is 9. The zero-order chi connectivity index (χ0) is 19.3. The molecule has 1 N–H and O–H groups in total. The summed E-state index contributed by atoms with van der Waals surface area (Å²) in [7, 11) is -0.897. The minimum absolute atomic E-state index is 0.262. The van der Waals surface area contributed by atoms with E-state index in [-0.39, 0.29) is 6.42 Å². The molecule has 0 saturated heterocycles. The molecule has 1 atom stereocenters. The van der Waals surface area contributed by atoms with E-state index in [4.69, 9.17) is 5.11 Å². The Morgan fingerprint density at radius 3 is 1.81 bits per heavy atom. The van der Waals surface area contributed by atoms with Crippen LogP contribution in [0.3, 0.4) is 0 Å². The Morgan fingerprint density at radius 1 is 0.846 bits per heavy atom. The van der Waals surface area contributed by atoms with Gasteiger partial charge in [-0.1, -0.05) is 69.6 Å². The molecule has 0 aliphatic carbocycles. The second-order valence-corrected chi connectivity index (χ2v) is 8.23. The molecule has 0 saturated carbocycles. The van der Waals surface area contributed by atoms with E-state index in [1.165, 1.54) is 0 Å². The van der Waals surface area contributed by atoms with Gasteiger partial charge in [0.25, 0.3) is 0 Å². The molecule has 3 nitrogen and oxygen atoms in total. The van der Waals surface area contributed by atoms with Gasteiger partial charge in [0.1, 0.15) is 0 Å².